The number of thioether (sulfide) groups is 1. The second-order valence-electron chi connectivity index (χ2n) is 3.39. The highest BCUT2D eigenvalue weighted by Gasteiger charge is 2.43. The fraction of sp³-hybridized carbons (Fsp3) is 0.667. The van der Waals surface area contributed by atoms with Gasteiger partial charge in [0.15, 0.2) is 5.54 Å². The Morgan fingerprint density at radius 2 is 2.38 bits per heavy atom. The van der Waals surface area contributed by atoms with Gasteiger partial charge in [-0.1, -0.05) is 0 Å². The number of ether oxygens (including phenoxy) is 1. The van der Waals surface area contributed by atoms with Crippen LogP contribution < -0.4 is 5.32 Å². The minimum absolute atomic E-state index is 0.00299. The minimum Gasteiger partial charge on any atom is -0.479 e. The van der Waals surface area contributed by atoms with Gasteiger partial charge in [-0.05, 0) is 0 Å². The number of hydrogen-bond donors (Lipinski definition) is 2. The number of aliphatic carboxylic acids is 1. The summed E-state index contributed by atoms with van der Waals surface area (Å²) in [5.74, 6) is -1.16. The molecule has 1 heterocycles. The number of carbonyl (C=O) groups excluding carboxylic acids is 1. The molecule has 0 aromatic heterocycles. The number of carboxylic acid groups (broad SMARTS) is 1. The van der Waals surface area contributed by atoms with Crippen LogP contribution in [-0.4, -0.2) is 47.2 Å². The van der Waals surface area contributed by atoms with Crippen LogP contribution in [0.15, 0.2) is 0 Å². The summed E-state index contributed by atoms with van der Waals surface area (Å²) in [6.45, 7) is 0.328. The van der Waals surface area contributed by atoms with Crippen molar-refractivity contribution in [1.82, 2.24) is 5.32 Å². The van der Waals surface area contributed by atoms with Crippen LogP contribution in [0.2, 0.25) is 0 Å². The maximum atomic E-state index is 11.4. The van der Waals surface area contributed by atoms with Gasteiger partial charge in [0.2, 0.25) is 5.91 Å². The van der Waals surface area contributed by atoms with Gasteiger partial charge in [-0.3, -0.25) is 4.79 Å². The van der Waals surface area contributed by atoms with Crippen molar-refractivity contribution in [2.75, 3.05) is 24.7 Å². The van der Waals surface area contributed by atoms with Gasteiger partial charge in [-0.2, -0.15) is 5.26 Å². The maximum absolute atomic E-state index is 11.4. The quantitative estimate of drug-likeness (QED) is 0.638. The third-order valence-corrected chi connectivity index (χ3v) is 3.01. The van der Waals surface area contributed by atoms with E-state index in [2.05, 4.69) is 5.32 Å². The van der Waals surface area contributed by atoms with Gasteiger partial charge in [0.1, 0.15) is 0 Å². The van der Waals surface area contributed by atoms with Gasteiger partial charge in [0.05, 0.1) is 24.2 Å². The van der Waals surface area contributed by atoms with Gasteiger partial charge in [0, 0.05) is 13.0 Å². The Kier molecular flexibility index (Phi) is 4.58. The molecule has 1 rings (SSSR count). The predicted octanol–water partition coefficient (Wildman–Crippen LogP) is -0.397. The second kappa shape index (κ2) is 5.72. The first kappa shape index (κ1) is 12.8. The first-order valence-corrected chi connectivity index (χ1v) is 5.83. The molecule has 1 aliphatic heterocycles. The molecule has 0 radical (unpaired) electrons. The number of nitrogens with zero attached hydrogens (tertiary/aromatic N) is 1. The fourth-order valence-electron chi connectivity index (χ4n) is 1.38. The van der Waals surface area contributed by atoms with Crippen molar-refractivity contribution in [2.45, 2.75) is 12.0 Å². The SMILES string of the molecule is N#CCSCC(=O)NC1(C(=O)O)CCOC1. The molecule has 16 heavy (non-hydrogen) atoms. The second-order valence-corrected chi connectivity index (χ2v) is 4.37. The summed E-state index contributed by atoms with van der Waals surface area (Å²) in [7, 11) is 0. The Hall–Kier alpha value is -1.26. The molecular formula is C9H12N2O4S. The van der Waals surface area contributed by atoms with Crippen molar-refractivity contribution in [2.24, 2.45) is 0 Å². The van der Waals surface area contributed by atoms with E-state index in [1.807, 2.05) is 6.07 Å². The third-order valence-electron chi connectivity index (χ3n) is 2.21. The van der Waals surface area contributed by atoms with Crippen LogP contribution in [0.4, 0.5) is 0 Å². The average molecular weight is 244 g/mol. The lowest BCUT2D eigenvalue weighted by Crippen LogP contribution is -2.55. The number of nitrogens with one attached hydrogen (secondary N) is 1. The highest BCUT2D eigenvalue weighted by atomic mass is 32.2. The molecule has 88 valence electrons. The standard InChI is InChI=1S/C9H12N2O4S/c10-2-4-16-5-7(12)11-9(8(13)14)1-3-15-6-9/h1,3-6H2,(H,11,12)(H,13,14). The highest BCUT2D eigenvalue weighted by molar-refractivity contribution is 8.00. The van der Waals surface area contributed by atoms with Crippen LogP contribution in [0.1, 0.15) is 6.42 Å². The lowest BCUT2D eigenvalue weighted by molar-refractivity contribution is -0.147. The van der Waals surface area contributed by atoms with Gasteiger partial charge >= 0.3 is 5.97 Å². The van der Waals surface area contributed by atoms with E-state index in [4.69, 9.17) is 15.1 Å². The molecule has 0 saturated carbocycles. The van der Waals surface area contributed by atoms with E-state index in [9.17, 15) is 9.59 Å². The summed E-state index contributed by atoms with van der Waals surface area (Å²) < 4.78 is 4.99. The Labute approximate surface area is 96.9 Å². The largest absolute Gasteiger partial charge is 0.479 e. The summed E-state index contributed by atoms with van der Waals surface area (Å²) in [5, 5.41) is 19.8. The summed E-state index contributed by atoms with van der Waals surface area (Å²) in [6.07, 6.45) is 0.275. The Bertz CT molecular complexity index is 320. The smallest absolute Gasteiger partial charge is 0.331 e. The molecule has 0 aromatic carbocycles. The molecular weight excluding hydrogens is 232 g/mol. The zero-order valence-electron chi connectivity index (χ0n) is 8.56. The fourth-order valence-corrected chi connectivity index (χ4v) is 1.83. The van der Waals surface area contributed by atoms with Crippen molar-refractivity contribution in [3.8, 4) is 6.07 Å². The van der Waals surface area contributed by atoms with E-state index in [0.717, 1.165) is 11.8 Å². The van der Waals surface area contributed by atoms with E-state index in [1.165, 1.54) is 0 Å². The molecule has 7 heteroatoms. The third kappa shape index (κ3) is 3.12. The number of carboxylic acids is 1. The average Bonchev–Trinajstić information content (AvgIpc) is 2.68. The van der Waals surface area contributed by atoms with Crippen molar-refractivity contribution >= 4 is 23.6 Å². The molecule has 0 bridgehead atoms. The molecule has 0 aliphatic carbocycles. The molecule has 1 aliphatic rings. The van der Waals surface area contributed by atoms with Crippen LogP contribution in [0, 0.1) is 11.3 Å². The van der Waals surface area contributed by atoms with Crippen molar-refractivity contribution in [3.63, 3.8) is 0 Å². The maximum Gasteiger partial charge on any atom is 0.331 e. The van der Waals surface area contributed by atoms with Crippen molar-refractivity contribution < 1.29 is 19.4 Å². The van der Waals surface area contributed by atoms with Crippen LogP contribution in [-0.2, 0) is 14.3 Å². The first-order valence-electron chi connectivity index (χ1n) is 4.67. The van der Waals surface area contributed by atoms with Crippen LogP contribution in [0.5, 0.6) is 0 Å². The summed E-state index contributed by atoms with van der Waals surface area (Å²) in [4.78, 5) is 22.5. The molecule has 0 spiro atoms. The van der Waals surface area contributed by atoms with Gasteiger partial charge in [0.25, 0.3) is 0 Å². The zero-order valence-corrected chi connectivity index (χ0v) is 9.38. The molecule has 0 aromatic rings. The molecule has 1 fully saturated rings. The van der Waals surface area contributed by atoms with Crippen LogP contribution in [0.25, 0.3) is 0 Å². The van der Waals surface area contributed by atoms with Gasteiger partial charge in [-0.25, -0.2) is 4.79 Å². The van der Waals surface area contributed by atoms with E-state index in [0.29, 0.717) is 6.61 Å². The monoisotopic (exact) mass is 244 g/mol. The Morgan fingerprint density at radius 1 is 1.62 bits per heavy atom. The van der Waals surface area contributed by atoms with E-state index < -0.39 is 11.5 Å². The molecule has 2 N–H and O–H groups in total. The molecule has 1 atom stereocenters. The number of hydrogen-bond acceptors (Lipinski definition) is 5. The lowest BCUT2D eigenvalue weighted by atomic mass is 9.99. The number of nitriles is 1. The molecule has 1 unspecified atom stereocenters. The first-order chi connectivity index (χ1) is 7.60. The summed E-state index contributed by atoms with van der Waals surface area (Å²) in [6, 6.07) is 1.89. The predicted molar refractivity (Wildman–Crippen MR) is 56.9 cm³/mol. The van der Waals surface area contributed by atoms with E-state index >= 15 is 0 Å². The number of carbonyl (C=O) groups is 2. The summed E-state index contributed by atoms with van der Waals surface area (Å²) >= 11 is 1.15. The van der Waals surface area contributed by atoms with Crippen LogP contribution in [0.3, 0.4) is 0 Å². The zero-order chi connectivity index (χ0) is 12.0. The van der Waals surface area contributed by atoms with Gasteiger partial charge in [-0.15, -0.1) is 11.8 Å². The van der Waals surface area contributed by atoms with Gasteiger partial charge < -0.3 is 15.2 Å². The molecule has 1 amide bonds. The van der Waals surface area contributed by atoms with E-state index in [-0.39, 0.29) is 30.4 Å². The molecule has 6 nitrogen and oxygen atoms in total. The number of rotatable bonds is 5. The highest BCUT2D eigenvalue weighted by Crippen LogP contribution is 2.19. The summed E-state index contributed by atoms with van der Waals surface area (Å²) in [5.41, 5.74) is -1.29. The lowest BCUT2D eigenvalue weighted by Gasteiger charge is -2.23. The van der Waals surface area contributed by atoms with Crippen molar-refractivity contribution in [1.29, 1.82) is 5.26 Å². The Morgan fingerprint density at radius 3 is 2.88 bits per heavy atom. The normalized spacial score (nSPS) is 23.7. The minimum atomic E-state index is -1.29. The number of amides is 1. The van der Waals surface area contributed by atoms with E-state index in [1.54, 1.807) is 0 Å². The van der Waals surface area contributed by atoms with Crippen LogP contribution >= 0.6 is 11.8 Å². The van der Waals surface area contributed by atoms with Crippen molar-refractivity contribution in [3.05, 3.63) is 0 Å². The topological polar surface area (TPSA) is 99.4 Å². The Balaban J connectivity index is 2.47. The molecule has 1 saturated heterocycles.